The number of methoxy groups -OCH3 is 1. The summed E-state index contributed by atoms with van der Waals surface area (Å²) >= 11 is 0. The zero-order valence-electron chi connectivity index (χ0n) is 13.1. The first-order chi connectivity index (χ1) is 11.3. The number of benzene rings is 1. The van der Waals surface area contributed by atoms with Gasteiger partial charge in [0.2, 0.25) is 5.91 Å². The van der Waals surface area contributed by atoms with Crippen molar-refractivity contribution in [3.8, 4) is 5.75 Å². The van der Waals surface area contributed by atoms with E-state index in [1.54, 1.807) is 25.6 Å². The molecule has 0 unspecified atom stereocenters. The number of ether oxygens (including phenoxy) is 2. The van der Waals surface area contributed by atoms with Crippen LogP contribution in [0.5, 0.6) is 5.75 Å². The number of nitrogens with one attached hydrogen (secondary N) is 1. The minimum atomic E-state index is -0.213. The number of hydrogen-bond acceptors (Lipinski definition) is 4. The lowest BCUT2D eigenvalue weighted by Crippen LogP contribution is -2.10. The molecule has 0 fully saturated rings. The van der Waals surface area contributed by atoms with Crippen molar-refractivity contribution in [2.45, 2.75) is 6.42 Å². The highest BCUT2D eigenvalue weighted by Gasteiger charge is 2.05. The van der Waals surface area contributed by atoms with E-state index in [0.717, 1.165) is 12.0 Å². The van der Waals surface area contributed by atoms with E-state index >= 15 is 0 Å². The Morgan fingerprint density at radius 3 is 2.74 bits per heavy atom. The number of pyridine rings is 1. The smallest absolute Gasteiger partial charge is 0.248 e. The van der Waals surface area contributed by atoms with Crippen LogP contribution in [0.4, 0.5) is 5.69 Å². The van der Waals surface area contributed by atoms with E-state index in [9.17, 15) is 4.79 Å². The van der Waals surface area contributed by atoms with Gasteiger partial charge in [0, 0.05) is 38.6 Å². The average Bonchev–Trinajstić information content (AvgIpc) is 2.59. The monoisotopic (exact) mass is 312 g/mol. The van der Waals surface area contributed by atoms with Gasteiger partial charge in [-0.1, -0.05) is 12.1 Å². The maximum atomic E-state index is 12.0. The first kappa shape index (κ1) is 16.7. The topological polar surface area (TPSA) is 60.5 Å². The van der Waals surface area contributed by atoms with Gasteiger partial charge in [0.25, 0.3) is 0 Å². The molecule has 0 saturated carbocycles. The molecule has 5 nitrogen and oxygen atoms in total. The fraction of sp³-hybridized carbons (Fsp3) is 0.222. The predicted molar refractivity (Wildman–Crippen MR) is 90.3 cm³/mol. The predicted octanol–water partition coefficient (Wildman–Crippen LogP) is 3.15. The zero-order valence-corrected chi connectivity index (χ0v) is 13.1. The third-order valence-electron chi connectivity index (χ3n) is 3.03. The van der Waals surface area contributed by atoms with E-state index in [4.69, 9.17) is 9.47 Å². The molecular formula is C18H20N2O3. The lowest BCUT2D eigenvalue weighted by Gasteiger charge is -2.11. The van der Waals surface area contributed by atoms with Crippen molar-refractivity contribution < 1.29 is 14.3 Å². The molecule has 0 aliphatic carbocycles. The third kappa shape index (κ3) is 5.92. The maximum Gasteiger partial charge on any atom is 0.248 e. The van der Waals surface area contributed by atoms with Gasteiger partial charge in [0.05, 0.1) is 12.3 Å². The van der Waals surface area contributed by atoms with Crippen molar-refractivity contribution in [1.82, 2.24) is 4.98 Å². The van der Waals surface area contributed by atoms with Gasteiger partial charge in [-0.15, -0.1) is 0 Å². The van der Waals surface area contributed by atoms with E-state index < -0.39 is 0 Å². The number of para-hydroxylation sites is 2. The molecule has 2 rings (SSSR count). The summed E-state index contributed by atoms with van der Waals surface area (Å²) in [5.41, 5.74) is 1.56. The van der Waals surface area contributed by atoms with Crippen LogP contribution in [0.2, 0.25) is 0 Å². The molecule has 0 radical (unpaired) electrons. The van der Waals surface area contributed by atoms with Crippen molar-refractivity contribution in [3.63, 3.8) is 0 Å². The summed E-state index contributed by atoms with van der Waals surface area (Å²) in [6, 6.07) is 11.0. The first-order valence-corrected chi connectivity index (χ1v) is 7.39. The van der Waals surface area contributed by atoms with E-state index in [0.29, 0.717) is 24.7 Å². The Bertz CT molecular complexity index is 642. The molecule has 0 saturated heterocycles. The highest BCUT2D eigenvalue weighted by Crippen LogP contribution is 2.23. The highest BCUT2D eigenvalue weighted by atomic mass is 16.5. The van der Waals surface area contributed by atoms with Gasteiger partial charge in [-0.2, -0.15) is 0 Å². The molecule has 1 aromatic heterocycles. The average molecular weight is 312 g/mol. The second-order valence-electron chi connectivity index (χ2n) is 4.79. The van der Waals surface area contributed by atoms with Gasteiger partial charge in [-0.3, -0.25) is 9.78 Å². The molecule has 0 aliphatic rings. The first-order valence-electron chi connectivity index (χ1n) is 7.39. The number of anilines is 1. The minimum Gasteiger partial charge on any atom is -0.491 e. The van der Waals surface area contributed by atoms with Gasteiger partial charge in [0.1, 0.15) is 5.75 Å². The molecule has 1 amide bonds. The van der Waals surface area contributed by atoms with Gasteiger partial charge >= 0.3 is 0 Å². The van der Waals surface area contributed by atoms with E-state index in [1.165, 1.54) is 6.08 Å². The molecule has 1 aromatic carbocycles. The summed E-state index contributed by atoms with van der Waals surface area (Å²) in [5, 5.41) is 2.82. The van der Waals surface area contributed by atoms with Crippen molar-refractivity contribution in [1.29, 1.82) is 0 Å². The van der Waals surface area contributed by atoms with Crippen LogP contribution >= 0.6 is 0 Å². The Kier molecular flexibility index (Phi) is 6.81. The fourth-order valence-corrected chi connectivity index (χ4v) is 1.90. The van der Waals surface area contributed by atoms with Crippen LogP contribution in [-0.4, -0.2) is 31.2 Å². The molecule has 2 aromatic rings. The van der Waals surface area contributed by atoms with Gasteiger partial charge in [-0.25, -0.2) is 0 Å². The van der Waals surface area contributed by atoms with Crippen LogP contribution in [0.3, 0.4) is 0 Å². The van der Waals surface area contributed by atoms with Crippen molar-refractivity contribution in [2.75, 3.05) is 25.6 Å². The summed E-state index contributed by atoms with van der Waals surface area (Å²) < 4.78 is 10.7. The van der Waals surface area contributed by atoms with Crippen LogP contribution < -0.4 is 10.1 Å². The summed E-state index contributed by atoms with van der Waals surface area (Å²) in [5.74, 6) is 0.434. The normalized spacial score (nSPS) is 10.7. The van der Waals surface area contributed by atoms with Crippen molar-refractivity contribution >= 4 is 17.7 Å². The molecule has 0 spiro atoms. The Balaban J connectivity index is 1.93. The Labute approximate surface area is 136 Å². The third-order valence-corrected chi connectivity index (χ3v) is 3.03. The molecule has 0 aliphatic heterocycles. The van der Waals surface area contributed by atoms with Gasteiger partial charge < -0.3 is 14.8 Å². The quantitative estimate of drug-likeness (QED) is 0.601. The Morgan fingerprint density at radius 2 is 1.96 bits per heavy atom. The van der Waals surface area contributed by atoms with E-state index in [2.05, 4.69) is 10.3 Å². The number of nitrogens with zero attached hydrogens (tertiary/aromatic N) is 1. The zero-order chi connectivity index (χ0) is 16.3. The number of carbonyl (C=O) groups is 1. The summed E-state index contributed by atoms with van der Waals surface area (Å²) in [6.07, 6.45) is 7.37. The SMILES string of the molecule is COCCCOc1ccccc1NC(=O)/C=C/c1ccncc1. The lowest BCUT2D eigenvalue weighted by molar-refractivity contribution is -0.111. The second-order valence-corrected chi connectivity index (χ2v) is 4.79. The lowest BCUT2D eigenvalue weighted by atomic mass is 10.2. The molecule has 23 heavy (non-hydrogen) atoms. The summed E-state index contributed by atoms with van der Waals surface area (Å²) in [6.45, 7) is 1.18. The number of carbonyl (C=O) groups excluding carboxylic acids is 1. The number of hydrogen-bond donors (Lipinski definition) is 1. The van der Waals surface area contributed by atoms with Crippen LogP contribution in [-0.2, 0) is 9.53 Å². The largest absolute Gasteiger partial charge is 0.491 e. The van der Waals surface area contributed by atoms with Crippen LogP contribution in [0.1, 0.15) is 12.0 Å². The fourth-order valence-electron chi connectivity index (χ4n) is 1.90. The second kappa shape index (κ2) is 9.38. The molecule has 0 bridgehead atoms. The summed E-state index contributed by atoms with van der Waals surface area (Å²) in [7, 11) is 1.66. The standard InChI is InChI=1S/C18H20N2O3/c1-22-13-4-14-23-17-6-3-2-5-16(17)20-18(21)8-7-15-9-11-19-12-10-15/h2-3,5-12H,4,13-14H2,1H3,(H,20,21)/b8-7+. The van der Waals surface area contributed by atoms with Crippen molar-refractivity contribution in [3.05, 3.63) is 60.4 Å². The van der Waals surface area contributed by atoms with Gasteiger partial charge in [-0.05, 0) is 35.9 Å². The molecule has 120 valence electrons. The molecule has 0 atom stereocenters. The number of aromatic nitrogens is 1. The highest BCUT2D eigenvalue weighted by molar-refractivity contribution is 6.02. The van der Waals surface area contributed by atoms with E-state index in [-0.39, 0.29) is 5.91 Å². The van der Waals surface area contributed by atoms with Crippen LogP contribution in [0, 0.1) is 0 Å². The molecule has 5 heteroatoms. The molecular weight excluding hydrogens is 292 g/mol. The number of amides is 1. The van der Waals surface area contributed by atoms with Crippen LogP contribution in [0.15, 0.2) is 54.9 Å². The summed E-state index contributed by atoms with van der Waals surface area (Å²) in [4.78, 5) is 16.0. The van der Waals surface area contributed by atoms with Crippen LogP contribution in [0.25, 0.3) is 6.08 Å². The molecule has 1 heterocycles. The van der Waals surface area contributed by atoms with Crippen molar-refractivity contribution in [2.24, 2.45) is 0 Å². The molecule has 1 N–H and O–H groups in total. The Morgan fingerprint density at radius 1 is 1.17 bits per heavy atom. The number of rotatable bonds is 8. The van der Waals surface area contributed by atoms with Gasteiger partial charge in [0.15, 0.2) is 0 Å². The van der Waals surface area contributed by atoms with E-state index in [1.807, 2.05) is 36.4 Å². The maximum absolute atomic E-state index is 12.0. The Hall–Kier alpha value is -2.66. The minimum absolute atomic E-state index is 0.213.